The smallest absolute Gasteiger partial charge is 0.422 e. The van der Waals surface area contributed by atoms with Crippen molar-refractivity contribution in [1.82, 2.24) is 0 Å². The van der Waals surface area contributed by atoms with Crippen molar-refractivity contribution in [3.05, 3.63) is 53.1 Å². The van der Waals surface area contributed by atoms with Crippen molar-refractivity contribution in [3.63, 3.8) is 0 Å². The zero-order chi connectivity index (χ0) is 17.7. The number of halogens is 3. The summed E-state index contributed by atoms with van der Waals surface area (Å²) < 4.78 is 46.6. The predicted molar refractivity (Wildman–Crippen MR) is 87.8 cm³/mol. The maximum atomic E-state index is 12.2. The van der Waals surface area contributed by atoms with Crippen LogP contribution in [0.1, 0.15) is 16.7 Å². The summed E-state index contributed by atoms with van der Waals surface area (Å²) in [6.45, 7) is 3.27. The maximum absolute atomic E-state index is 12.2. The number of hydrogen-bond donors (Lipinski definition) is 1. The van der Waals surface area contributed by atoms with E-state index < -0.39 is 12.8 Å². The van der Waals surface area contributed by atoms with Crippen LogP contribution in [0.3, 0.4) is 0 Å². The molecule has 0 aliphatic heterocycles. The molecule has 0 bridgehead atoms. The summed E-state index contributed by atoms with van der Waals surface area (Å²) >= 11 is 0. The van der Waals surface area contributed by atoms with Crippen LogP contribution in [0.2, 0.25) is 0 Å². The van der Waals surface area contributed by atoms with Crippen molar-refractivity contribution >= 4 is 5.69 Å². The third kappa shape index (κ3) is 5.08. The molecule has 0 fully saturated rings. The maximum Gasteiger partial charge on any atom is 0.422 e. The highest BCUT2D eigenvalue weighted by Gasteiger charge is 2.29. The molecule has 24 heavy (non-hydrogen) atoms. The lowest BCUT2D eigenvalue weighted by atomic mass is 10.1. The van der Waals surface area contributed by atoms with Crippen LogP contribution in [0.4, 0.5) is 18.9 Å². The van der Waals surface area contributed by atoms with Gasteiger partial charge in [0.1, 0.15) is 0 Å². The van der Waals surface area contributed by atoms with Crippen LogP contribution in [0.25, 0.3) is 0 Å². The van der Waals surface area contributed by atoms with Gasteiger partial charge in [-0.25, -0.2) is 0 Å². The summed E-state index contributed by atoms with van der Waals surface area (Å²) in [6, 6.07) is 10.9. The lowest BCUT2D eigenvalue weighted by molar-refractivity contribution is -0.153. The quantitative estimate of drug-likeness (QED) is 0.815. The van der Waals surface area contributed by atoms with Crippen molar-refractivity contribution < 1.29 is 22.6 Å². The highest BCUT2D eigenvalue weighted by Crippen LogP contribution is 2.30. The number of methoxy groups -OCH3 is 1. The minimum absolute atomic E-state index is 0.0738. The van der Waals surface area contributed by atoms with E-state index in [0.717, 1.165) is 11.3 Å². The molecule has 0 unspecified atom stereocenters. The van der Waals surface area contributed by atoms with E-state index in [9.17, 15) is 13.2 Å². The van der Waals surface area contributed by atoms with Gasteiger partial charge in [-0.1, -0.05) is 12.1 Å². The average molecular weight is 339 g/mol. The van der Waals surface area contributed by atoms with Gasteiger partial charge in [-0.3, -0.25) is 0 Å². The van der Waals surface area contributed by atoms with E-state index in [1.807, 2.05) is 32.0 Å². The Morgan fingerprint density at radius 1 is 0.958 bits per heavy atom. The average Bonchev–Trinajstić information content (AvgIpc) is 2.53. The van der Waals surface area contributed by atoms with Gasteiger partial charge in [-0.05, 0) is 54.8 Å². The van der Waals surface area contributed by atoms with Crippen molar-refractivity contribution in [2.75, 3.05) is 19.0 Å². The van der Waals surface area contributed by atoms with E-state index in [0.29, 0.717) is 6.54 Å². The Labute approximate surface area is 139 Å². The van der Waals surface area contributed by atoms with E-state index in [1.165, 1.54) is 24.3 Å². The Morgan fingerprint density at radius 2 is 1.71 bits per heavy atom. The topological polar surface area (TPSA) is 30.5 Å². The molecule has 0 atom stereocenters. The molecule has 1 N–H and O–H groups in total. The summed E-state index contributed by atoms with van der Waals surface area (Å²) in [5.41, 5.74) is 4.26. The molecule has 0 amide bonds. The van der Waals surface area contributed by atoms with E-state index in [4.69, 9.17) is 9.47 Å². The summed E-state index contributed by atoms with van der Waals surface area (Å²) in [7, 11) is 1.40. The largest absolute Gasteiger partial charge is 0.493 e. The number of ether oxygens (including phenoxy) is 2. The molecule has 0 aliphatic rings. The van der Waals surface area contributed by atoms with Crippen LogP contribution >= 0.6 is 0 Å². The van der Waals surface area contributed by atoms with Gasteiger partial charge in [-0.2, -0.15) is 13.2 Å². The molecule has 2 rings (SSSR count). The Kier molecular flexibility index (Phi) is 5.59. The van der Waals surface area contributed by atoms with Gasteiger partial charge < -0.3 is 14.8 Å². The van der Waals surface area contributed by atoms with Crippen LogP contribution in [0, 0.1) is 13.8 Å². The van der Waals surface area contributed by atoms with E-state index in [2.05, 4.69) is 5.32 Å². The molecule has 0 heterocycles. The first kappa shape index (κ1) is 18.0. The first-order valence-electron chi connectivity index (χ1n) is 7.46. The molecule has 2 aromatic carbocycles. The lowest BCUT2D eigenvalue weighted by Gasteiger charge is -2.14. The Morgan fingerprint density at radius 3 is 2.33 bits per heavy atom. The van der Waals surface area contributed by atoms with Crippen LogP contribution in [0.15, 0.2) is 36.4 Å². The molecule has 0 aromatic heterocycles. The number of anilines is 1. The molecule has 0 saturated carbocycles. The fourth-order valence-electron chi connectivity index (χ4n) is 2.16. The second-order valence-electron chi connectivity index (χ2n) is 5.54. The number of hydrogen-bond acceptors (Lipinski definition) is 3. The van der Waals surface area contributed by atoms with Gasteiger partial charge in [0.25, 0.3) is 0 Å². The number of rotatable bonds is 6. The molecule has 0 saturated heterocycles. The molecule has 3 nitrogen and oxygen atoms in total. The van der Waals surface area contributed by atoms with E-state index >= 15 is 0 Å². The standard InChI is InChI=1S/C18H20F3NO2/c1-12-4-6-15(8-13(12)2)22-10-14-5-7-16(17(9-14)23-3)24-11-18(19,20)21/h4-9,22H,10-11H2,1-3H3. The van der Waals surface area contributed by atoms with E-state index in [1.54, 1.807) is 12.1 Å². The molecule has 130 valence electrons. The third-order valence-electron chi connectivity index (χ3n) is 3.62. The fourth-order valence-corrected chi connectivity index (χ4v) is 2.16. The molecule has 6 heteroatoms. The van der Waals surface area contributed by atoms with Gasteiger partial charge in [0.2, 0.25) is 0 Å². The van der Waals surface area contributed by atoms with Gasteiger partial charge in [0.15, 0.2) is 18.1 Å². The minimum atomic E-state index is -4.38. The predicted octanol–water partition coefficient (Wildman–Crippen LogP) is 4.87. The Balaban J connectivity index is 2.04. The molecule has 0 radical (unpaired) electrons. The molecular weight excluding hydrogens is 319 g/mol. The monoisotopic (exact) mass is 339 g/mol. The summed E-state index contributed by atoms with van der Waals surface area (Å²) in [6.07, 6.45) is -4.38. The second kappa shape index (κ2) is 7.47. The van der Waals surface area contributed by atoms with Gasteiger partial charge in [-0.15, -0.1) is 0 Å². The number of benzene rings is 2. The van der Waals surface area contributed by atoms with Crippen LogP contribution < -0.4 is 14.8 Å². The van der Waals surface area contributed by atoms with E-state index in [-0.39, 0.29) is 11.5 Å². The molecule has 0 spiro atoms. The van der Waals surface area contributed by atoms with Crippen LogP contribution in [0.5, 0.6) is 11.5 Å². The Bertz CT molecular complexity index is 699. The highest BCUT2D eigenvalue weighted by molar-refractivity contribution is 5.49. The lowest BCUT2D eigenvalue weighted by Crippen LogP contribution is -2.19. The normalized spacial score (nSPS) is 11.2. The first-order chi connectivity index (χ1) is 11.3. The summed E-state index contributed by atoms with van der Waals surface area (Å²) in [5.74, 6) is 0.350. The highest BCUT2D eigenvalue weighted by atomic mass is 19.4. The van der Waals surface area contributed by atoms with Crippen molar-refractivity contribution in [2.24, 2.45) is 0 Å². The summed E-state index contributed by atoms with van der Waals surface area (Å²) in [5, 5.41) is 3.28. The third-order valence-corrected chi connectivity index (χ3v) is 3.62. The first-order valence-corrected chi connectivity index (χ1v) is 7.46. The number of alkyl halides is 3. The molecule has 0 aliphatic carbocycles. The number of nitrogens with one attached hydrogen (secondary N) is 1. The zero-order valence-corrected chi connectivity index (χ0v) is 13.8. The second-order valence-corrected chi connectivity index (χ2v) is 5.54. The SMILES string of the molecule is COc1cc(CNc2ccc(C)c(C)c2)ccc1OCC(F)(F)F. The number of aryl methyl sites for hydroxylation is 2. The van der Waals surface area contributed by atoms with Gasteiger partial charge in [0.05, 0.1) is 7.11 Å². The summed E-state index contributed by atoms with van der Waals surface area (Å²) in [4.78, 5) is 0. The van der Waals surface area contributed by atoms with Gasteiger partial charge >= 0.3 is 6.18 Å². The van der Waals surface area contributed by atoms with Crippen LogP contribution in [-0.2, 0) is 6.54 Å². The van der Waals surface area contributed by atoms with Crippen molar-refractivity contribution in [1.29, 1.82) is 0 Å². The zero-order valence-electron chi connectivity index (χ0n) is 13.8. The fraction of sp³-hybridized carbons (Fsp3) is 0.333. The Hall–Kier alpha value is -2.37. The van der Waals surface area contributed by atoms with Crippen LogP contribution in [-0.4, -0.2) is 19.9 Å². The van der Waals surface area contributed by atoms with Crippen molar-refractivity contribution in [2.45, 2.75) is 26.6 Å². The van der Waals surface area contributed by atoms with Crippen molar-refractivity contribution in [3.8, 4) is 11.5 Å². The molecular formula is C18H20F3NO2. The van der Waals surface area contributed by atoms with Gasteiger partial charge in [0, 0.05) is 12.2 Å². The minimum Gasteiger partial charge on any atom is -0.493 e. The molecule has 2 aromatic rings.